The Balaban J connectivity index is 1.07. The second kappa shape index (κ2) is 13.7. The maximum Gasteiger partial charge on any atom is 0.161 e. The molecule has 266 valence electrons. The molecule has 2 aromatic heterocycles. The molecule has 0 aliphatic carbocycles. The van der Waals surface area contributed by atoms with Crippen molar-refractivity contribution in [2.24, 2.45) is 9.98 Å². The maximum atomic E-state index is 5.36. The van der Waals surface area contributed by atoms with Gasteiger partial charge in [0.05, 0.1) is 16.7 Å². The number of para-hydroxylation sites is 2. The van der Waals surface area contributed by atoms with Crippen molar-refractivity contribution < 1.29 is 0 Å². The van der Waals surface area contributed by atoms with Crippen LogP contribution in [0.25, 0.3) is 75.6 Å². The number of amidine groups is 1. The number of rotatable bonds is 6. The molecular weight excluding hydrogens is 711 g/mol. The van der Waals surface area contributed by atoms with E-state index in [4.69, 9.17) is 9.98 Å². The van der Waals surface area contributed by atoms with Gasteiger partial charge in [0, 0.05) is 59.4 Å². The van der Waals surface area contributed by atoms with Crippen molar-refractivity contribution >= 4 is 70.6 Å². The molecule has 57 heavy (non-hydrogen) atoms. The van der Waals surface area contributed by atoms with Crippen LogP contribution in [-0.2, 0) is 0 Å². The molecule has 10 aromatic rings. The van der Waals surface area contributed by atoms with Crippen LogP contribution in [0.2, 0.25) is 0 Å². The number of fused-ring (bicyclic) bond motifs is 6. The van der Waals surface area contributed by atoms with E-state index in [1.54, 1.807) is 11.3 Å². The van der Waals surface area contributed by atoms with E-state index in [9.17, 15) is 0 Å². The van der Waals surface area contributed by atoms with Crippen LogP contribution in [-0.4, -0.2) is 16.1 Å². The number of aliphatic imine (C=N–C) groups is 2. The molecule has 1 aliphatic heterocycles. The Kier molecular flexibility index (Phi) is 7.96. The van der Waals surface area contributed by atoms with Crippen LogP contribution in [0.5, 0.6) is 0 Å². The lowest BCUT2D eigenvalue weighted by molar-refractivity contribution is 1.18. The van der Waals surface area contributed by atoms with E-state index in [1.807, 2.05) is 6.08 Å². The van der Waals surface area contributed by atoms with E-state index in [0.29, 0.717) is 5.84 Å². The first-order valence-electron chi connectivity index (χ1n) is 19.2. The fourth-order valence-electron chi connectivity index (χ4n) is 8.10. The Bertz CT molecular complexity index is 3300. The Morgan fingerprint density at radius 1 is 0.421 bits per heavy atom. The largest absolute Gasteiger partial charge is 0.309 e. The summed E-state index contributed by atoms with van der Waals surface area (Å²) in [5.41, 5.74) is 16.3. The van der Waals surface area contributed by atoms with Crippen molar-refractivity contribution in [3.05, 3.63) is 223 Å². The topological polar surface area (TPSA) is 29.6 Å². The van der Waals surface area contributed by atoms with Gasteiger partial charge in [0.15, 0.2) is 5.84 Å². The van der Waals surface area contributed by atoms with Gasteiger partial charge in [-0.05, 0) is 58.7 Å². The average Bonchev–Trinajstić information content (AvgIpc) is 3.74. The molecule has 0 bridgehead atoms. The molecule has 3 nitrogen and oxygen atoms in total. The zero-order valence-corrected chi connectivity index (χ0v) is 31.6. The molecule has 0 spiro atoms. The summed E-state index contributed by atoms with van der Waals surface area (Å²) in [6.45, 7) is 0. The van der Waals surface area contributed by atoms with Gasteiger partial charge in [0.1, 0.15) is 5.70 Å². The summed E-state index contributed by atoms with van der Waals surface area (Å²) < 4.78 is 4.81. The van der Waals surface area contributed by atoms with Gasteiger partial charge >= 0.3 is 0 Å². The van der Waals surface area contributed by atoms with Crippen LogP contribution < -0.4 is 0 Å². The highest BCUT2D eigenvalue weighted by Gasteiger charge is 2.18. The zero-order valence-electron chi connectivity index (χ0n) is 30.8. The molecule has 11 rings (SSSR count). The predicted molar refractivity (Wildman–Crippen MR) is 242 cm³/mol. The SMILES string of the molecule is C1=CC(c2cccc3c2sc2ccccc23)=NC(c2ccc(-c3cccc(-c4ccccc4)c3)cc2)=NC=1c1ccc2c3ccccc3n(-c3ccccc3)c2c1. The van der Waals surface area contributed by atoms with E-state index in [0.717, 1.165) is 50.4 Å². The summed E-state index contributed by atoms with van der Waals surface area (Å²) in [5.74, 6) is 0.646. The second-order valence-electron chi connectivity index (χ2n) is 14.3. The summed E-state index contributed by atoms with van der Waals surface area (Å²) in [5, 5.41) is 4.91. The molecule has 0 amide bonds. The summed E-state index contributed by atoms with van der Waals surface area (Å²) in [6.07, 6.45) is 2.02. The van der Waals surface area contributed by atoms with Crippen LogP contribution in [0.3, 0.4) is 0 Å². The number of benzene rings is 8. The number of nitrogens with zero attached hydrogens (tertiary/aromatic N) is 3. The molecular formula is C53H33N3S. The van der Waals surface area contributed by atoms with Gasteiger partial charge in [0.25, 0.3) is 0 Å². The standard InChI is InChI=1S/C53H33N3S/c1-3-13-35(14-4-1)38-15-11-16-39(33-38)36-25-27-37(28-26-36)53-54-47(31-32-48(55-53)46-22-12-21-45-44-20-8-10-24-51(44)57-52(45)46)40-29-30-43-42-19-7-9-23-49(42)56(50(43)34-40)41-17-5-2-6-18-41/h1-30,32-34H. The number of hydrogen-bond donors (Lipinski definition) is 0. The molecule has 0 N–H and O–H groups in total. The molecule has 0 saturated heterocycles. The molecule has 0 radical (unpaired) electrons. The molecule has 0 unspecified atom stereocenters. The number of allylic oxidation sites excluding steroid dienone is 1. The van der Waals surface area contributed by atoms with Gasteiger partial charge in [-0.3, -0.25) is 0 Å². The molecule has 0 atom stereocenters. The van der Waals surface area contributed by atoms with Crippen molar-refractivity contribution in [1.82, 2.24) is 4.57 Å². The van der Waals surface area contributed by atoms with E-state index in [2.05, 4.69) is 204 Å². The smallest absolute Gasteiger partial charge is 0.161 e. The van der Waals surface area contributed by atoms with Gasteiger partial charge in [0.2, 0.25) is 0 Å². The van der Waals surface area contributed by atoms with Gasteiger partial charge in [-0.2, -0.15) is 0 Å². The minimum atomic E-state index is 0.646. The van der Waals surface area contributed by atoms with E-state index in [-0.39, 0.29) is 0 Å². The molecule has 0 saturated carbocycles. The van der Waals surface area contributed by atoms with E-state index in [1.165, 1.54) is 47.6 Å². The second-order valence-corrected chi connectivity index (χ2v) is 15.3. The van der Waals surface area contributed by atoms with Crippen molar-refractivity contribution in [1.29, 1.82) is 0 Å². The fraction of sp³-hybridized carbons (Fsp3) is 0. The van der Waals surface area contributed by atoms with Crippen LogP contribution in [0.15, 0.2) is 216 Å². The van der Waals surface area contributed by atoms with Crippen LogP contribution in [0, 0.1) is 0 Å². The monoisotopic (exact) mass is 743 g/mol. The minimum absolute atomic E-state index is 0.646. The minimum Gasteiger partial charge on any atom is -0.309 e. The number of aromatic nitrogens is 1. The van der Waals surface area contributed by atoms with Gasteiger partial charge in [-0.1, -0.05) is 163 Å². The quantitative estimate of drug-likeness (QED) is 0.152. The van der Waals surface area contributed by atoms with Gasteiger partial charge in [-0.25, -0.2) is 9.98 Å². The Hall–Kier alpha value is -7.36. The lowest BCUT2D eigenvalue weighted by Gasteiger charge is -2.10. The van der Waals surface area contributed by atoms with Crippen molar-refractivity contribution in [2.75, 3.05) is 0 Å². The summed E-state index contributed by atoms with van der Waals surface area (Å²) in [4.78, 5) is 10.7. The molecule has 4 heteroatoms. The third-order valence-corrected chi connectivity index (χ3v) is 12.1. The third kappa shape index (κ3) is 5.84. The highest BCUT2D eigenvalue weighted by atomic mass is 32.1. The zero-order chi connectivity index (χ0) is 37.7. The Morgan fingerprint density at radius 2 is 1.04 bits per heavy atom. The fourth-order valence-corrected chi connectivity index (χ4v) is 9.33. The summed E-state index contributed by atoms with van der Waals surface area (Å²) in [6, 6.07) is 68.8. The van der Waals surface area contributed by atoms with Crippen molar-refractivity contribution in [3.8, 4) is 27.9 Å². The number of hydrogen-bond acceptors (Lipinski definition) is 3. The summed E-state index contributed by atoms with van der Waals surface area (Å²) >= 11 is 1.81. The van der Waals surface area contributed by atoms with Gasteiger partial charge < -0.3 is 4.57 Å². The first-order chi connectivity index (χ1) is 28.2. The van der Waals surface area contributed by atoms with Crippen molar-refractivity contribution in [2.45, 2.75) is 0 Å². The van der Waals surface area contributed by atoms with Crippen LogP contribution in [0.1, 0.15) is 16.7 Å². The first kappa shape index (κ1) is 33.0. The van der Waals surface area contributed by atoms with Gasteiger partial charge in [-0.15, -0.1) is 11.3 Å². The highest BCUT2D eigenvalue weighted by Crippen LogP contribution is 2.38. The average molecular weight is 744 g/mol. The Morgan fingerprint density at radius 3 is 1.86 bits per heavy atom. The Labute approximate surface area is 334 Å². The molecule has 8 aromatic carbocycles. The molecule has 3 heterocycles. The third-order valence-electron chi connectivity index (χ3n) is 10.9. The molecule has 1 aliphatic rings. The lowest BCUT2D eigenvalue weighted by Crippen LogP contribution is -2.04. The normalized spacial score (nSPS) is 12.9. The molecule has 0 fully saturated rings. The first-order valence-corrected chi connectivity index (χ1v) is 20.0. The number of thiophene rings is 1. The van der Waals surface area contributed by atoms with E-state index >= 15 is 0 Å². The van der Waals surface area contributed by atoms with Crippen LogP contribution >= 0.6 is 11.3 Å². The predicted octanol–water partition coefficient (Wildman–Crippen LogP) is 13.9. The lowest BCUT2D eigenvalue weighted by atomic mass is 9.98. The summed E-state index contributed by atoms with van der Waals surface area (Å²) in [7, 11) is 0. The van der Waals surface area contributed by atoms with Crippen LogP contribution in [0.4, 0.5) is 0 Å². The van der Waals surface area contributed by atoms with E-state index < -0.39 is 0 Å². The highest BCUT2D eigenvalue weighted by molar-refractivity contribution is 7.26. The van der Waals surface area contributed by atoms with Crippen molar-refractivity contribution in [3.63, 3.8) is 0 Å². The maximum absolute atomic E-state index is 5.36.